The van der Waals surface area contributed by atoms with Crippen molar-refractivity contribution in [3.8, 4) is 0 Å². The molecule has 20 heteroatoms. The number of piperidine rings is 1. The maximum Gasteiger partial charge on any atom is 0.466 e. The van der Waals surface area contributed by atoms with E-state index in [0.717, 1.165) is 25.2 Å². The van der Waals surface area contributed by atoms with Crippen LogP contribution in [-0.2, 0) is 47.3 Å². The summed E-state index contributed by atoms with van der Waals surface area (Å²) in [6.07, 6.45) is -2.96. The van der Waals surface area contributed by atoms with Gasteiger partial charge in [-0.3, -0.25) is 9.59 Å². The van der Waals surface area contributed by atoms with Crippen molar-refractivity contribution in [3.63, 3.8) is 0 Å². The lowest BCUT2D eigenvalue weighted by Gasteiger charge is -2.47. The van der Waals surface area contributed by atoms with Crippen molar-refractivity contribution in [1.29, 1.82) is 0 Å². The quantitative estimate of drug-likeness (QED) is 0.109. The number of carbonyl (C=O) groups is 2. The topological polar surface area (TPSA) is 264 Å². The Kier molecular flexibility index (Phi) is 24.0. The fourth-order valence-electron chi connectivity index (χ4n) is 10.0. The van der Waals surface area contributed by atoms with Gasteiger partial charge in [0.15, 0.2) is 18.4 Å². The van der Waals surface area contributed by atoms with Crippen LogP contribution in [0, 0.1) is 35.5 Å². The average Bonchev–Trinajstić information content (AvgIpc) is 3.22. The van der Waals surface area contributed by atoms with Crippen LogP contribution >= 0.6 is 7.82 Å². The number of carbonyl (C=O) groups excluding carboxylic acids is 2. The molecule has 4 rings (SSSR count). The number of hydrogen-bond donors (Lipinski definition) is 7. The molecule has 0 aromatic carbocycles. The molecule has 66 heavy (non-hydrogen) atoms. The number of likely N-dealkylation sites (N-methyl/N-ethyl adjacent to an activating group) is 1. The average molecular weight is 967 g/mol. The van der Waals surface area contributed by atoms with Crippen LogP contribution in [0.3, 0.4) is 0 Å². The highest BCUT2D eigenvalue weighted by atomic mass is 31.2. The second-order valence-electron chi connectivity index (χ2n) is 19.5. The molecule has 0 aliphatic carbocycles. The molecule has 0 spiro atoms. The second-order valence-corrected chi connectivity index (χ2v) is 20.5. The molecule has 0 bridgehead atoms. The highest BCUT2D eigenvalue weighted by molar-refractivity contribution is 7.45. The van der Waals surface area contributed by atoms with Crippen molar-refractivity contribution in [3.05, 3.63) is 23.8 Å². The Bertz CT molecular complexity index is 1580. The summed E-state index contributed by atoms with van der Waals surface area (Å²) in [6, 6.07) is -0.684. The van der Waals surface area contributed by atoms with E-state index in [-0.39, 0.29) is 24.7 Å². The van der Waals surface area contributed by atoms with Gasteiger partial charge < -0.3 is 78.1 Å². The van der Waals surface area contributed by atoms with Crippen LogP contribution in [-0.4, -0.2) is 191 Å². The van der Waals surface area contributed by atoms with Gasteiger partial charge in [-0.2, -0.15) is 0 Å². The number of rotatable bonds is 12. The van der Waals surface area contributed by atoms with E-state index in [1.807, 2.05) is 33.8 Å². The highest BCUT2D eigenvalue weighted by Crippen LogP contribution is 2.36. The molecular formula is C46H83N2O17P. The first-order chi connectivity index (χ1) is 30.8. The van der Waals surface area contributed by atoms with Crippen molar-refractivity contribution in [2.75, 3.05) is 54.6 Å². The summed E-state index contributed by atoms with van der Waals surface area (Å²) < 4.78 is 51.5. The van der Waals surface area contributed by atoms with Crippen LogP contribution in [0.1, 0.15) is 87.5 Å². The number of aliphatic hydroxyl groups excluding tert-OH is 4. The third-order valence-corrected chi connectivity index (χ3v) is 13.5. The second kappa shape index (κ2) is 27.0. The molecule has 384 valence electrons. The van der Waals surface area contributed by atoms with Gasteiger partial charge in [-0.1, -0.05) is 52.3 Å². The Labute approximate surface area is 392 Å². The van der Waals surface area contributed by atoms with E-state index in [9.17, 15) is 30.0 Å². The Morgan fingerprint density at radius 1 is 0.818 bits per heavy atom. The van der Waals surface area contributed by atoms with E-state index in [1.54, 1.807) is 45.0 Å². The normalized spacial score (nSPS) is 41.9. The largest absolute Gasteiger partial charge is 0.466 e. The zero-order chi connectivity index (χ0) is 49.8. The van der Waals surface area contributed by atoms with Crippen molar-refractivity contribution in [2.24, 2.45) is 35.5 Å². The van der Waals surface area contributed by atoms with Crippen LogP contribution in [0.2, 0.25) is 0 Å². The lowest BCUT2D eigenvalue weighted by molar-refractivity contribution is -0.304. The summed E-state index contributed by atoms with van der Waals surface area (Å²) in [5.41, 5.74) is 0.761. The predicted octanol–water partition coefficient (Wildman–Crippen LogP) is 2.41. The molecule has 3 fully saturated rings. The van der Waals surface area contributed by atoms with Gasteiger partial charge in [0.2, 0.25) is 0 Å². The Morgan fingerprint density at radius 3 is 1.95 bits per heavy atom. The van der Waals surface area contributed by atoms with E-state index < -0.39 is 111 Å². The van der Waals surface area contributed by atoms with Gasteiger partial charge in [-0.25, -0.2) is 4.57 Å². The number of cyclic esters (lactones) is 1. The van der Waals surface area contributed by atoms with Crippen molar-refractivity contribution < 1.29 is 82.4 Å². The van der Waals surface area contributed by atoms with Gasteiger partial charge in [-0.05, 0) is 90.9 Å². The summed E-state index contributed by atoms with van der Waals surface area (Å²) in [6.45, 7) is 18.2. The SMILES string of the molecule is CCC1OC(=O)C[C@@H](O)[C@H](C)C(O[C@@H]2O[C@H](C)[C@@H](O)[C@H](N(C)C)[C@H]2O)[C@@H](CCN2C[C@H](C)C[C@H](C)C2)C[C@@H](C)C(=O)/C=C/C(C)=C\[C@@H]1CO[C@@H]1O[C@H](C)[C@@H](O)[C@@H](OC)[C@H]1OC.O=P(O)(O)O. The number of ether oxygens (including phenoxy) is 7. The minimum Gasteiger partial charge on any atom is -0.462 e. The van der Waals surface area contributed by atoms with Gasteiger partial charge in [0, 0.05) is 45.1 Å². The molecule has 19 nitrogen and oxygen atoms in total. The Balaban J connectivity index is 0.00000219. The van der Waals surface area contributed by atoms with Crippen LogP contribution in [0.15, 0.2) is 23.8 Å². The van der Waals surface area contributed by atoms with Crippen molar-refractivity contribution in [1.82, 2.24) is 9.80 Å². The number of likely N-dealkylation sites (tertiary alicyclic amines) is 1. The molecule has 4 heterocycles. The van der Waals surface area contributed by atoms with E-state index in [4.69, 9.17) is 52.4 Å². The van der Waals surface area contributed by atoms with Crippen LogP contribution in [0.5, 0.6) is 0 Å². The minimum atomic E-state index is -4.64. The van der Waals surface area contributed by atoms with Crippen LogP contribution in [0.25, 0.3) is 0 Å². The number of nitrogens with zero attached hydrogens (tertiary/aromatic N) is 2. The number of esters is 1. The summed E-state index contributed by atoms with van der Waals surface area (Å²) in [7, 11) is 1.90. The molecule has 3 saturated heterocycles. The van der Waals surface area contributed by atoms with Gasteiger partial charge in [0.1, 0.15) is 30.5 Å². The molecular weight excluding hydrogens is 883 g/mol. The lowest BCUT2D eigenvalue weighted by Crippen LogP contribution is -2.63. The minimum absolute atomic E-state index is 0.0427. The van der Waals surface area contributed by atoms with Gasteiger partial charge in [0.25, 0.3) is 0 Å². The Morgan fingerprint density at radius 2 is 1.39 bits per heavy atom. The summed E-state index contributed by atoms with van der Waals surface area (Å²) in [5.74, 6) is -1.46. The van der Waals surface area contributed by atoms with Gasteiger partial charge in [0.05, 0.1) is 49.6 Å². The number of allylic oxidation sites excluding steroid dienone is 3. The van der Waals surface area contributed by atoms with E-state index in [2.05, 4.69) is 18.7 Å². The van der Waals surface area contributed by atoms with Gasteiger partial charge >= 0.3 is 13.8 Å². The third kappa shape index (κ3) is 17.6. The zero-order valence-corrected chi connectivity index (χ0v) is 42.0. The van der Waals surface area contributed by atoms with E-state index in [1.165, 1.54) is 20.6 Å². The number of phosphoric acid groups is 1. The fourth-order valence-corrected chi connectivity index (χ4v) is 10.0. The molecule has 4 aliphatic rings. The molecule has 0 aromatic heterocycles. The lowest BCUT2D eigenvalue weighted by atomic mass is 9.79. The monoisotopic (exact) mass is 967 g/mol. The molecule has 0 amide bonds. The molecule has 19 atom stereocenters. The molecule has 2 unspecified atom stereocenters. The third-order valence-electron chi connectivity index (χ3n) is 13.5. The number of aliphatic hydroxyl groups is 4. The molecule has 0 aromatic rings. The van der Waals surface area contributed by atoms with E-state index >= 15 is 0 Å². The number of hydrogen-bond acceptors (Lipinski definition) is 16. The zero-order valence-electron chi connectivity index (χ0n) is 41.1. The van der Waals surface area contributed by atoms with Crippen LogP contribution < -0.4 is 0 Å². The first-order valence-corrected chi connectivity index (χ1v) is 25.0. The smallest absolute Gasteiger partial charge is 0.462 e. The molecule has 7 N–H and O–H groups in total. The predicted molar refractivity (Wildman–Crippen MR) is 243 cm³/mol. The van der Waals surface area contributed by atoms with Gasteiger partial charge in [-0.15, -0.1) is 0 Å². The Hall–Kier alpha value is -1.75. The van der Waals surface area contributed by atoms with Crippen molar-refractivity contribution in [2.45, 2.75) is 167 Å². The molecule has 0 saturated carbocycles. The first-order valence-electron chi connectivity index (χ1n) is 23.4. The van der Waals surface area contributed by atoms with Crippen LogP contribution in [0.4, 0.5) is 0 Å². The summed E-state index contributed by atoms with van der Waals surface area (Å²) >= 11 is 0. The summed E-state index contributed by atoms with van der Waals surface area (Å²) in [4.78, 5) is 53.6. The summed E-state index contributed by atoms with van der Waals surface area (Å²) in [5, 5.41) is 45.3. The van der Waals surface area contributed by atoms with Crippen molar-refractivity contribution >= 4 is 19.6 Å². The van der Waals surface area contributed by atoms with E-state index in [0.29, 0.717) is 31.1 Å². The number of methoxy groups -OCH3 is 2. The molecule has 4 aliphatic heterocycles. The standard InChI is InChI=1S/C46H80N2O13.H3O4P/c1-13-36-33(24-57-46-44(56-12)43(55-11)40(53)31(8)59-46)19-25(2)14-15-34(49)28(5)20-32(16-17-48-22-26(3)18-27(4)23-48)42(29(6)35(50)21-37(51)60-36)61-45-41(54)38(47(9)10)39(52)30(7)58-45;1-5(2,3)4/h14-15,19,26-33,35-36,38-46,50,52-54H,13,16-18,20-24H2,1-12H3;(H3,1,2,3,4)/b15-14+,25-19-;/t26-,27+,28-,29+,30-,31-,32+,33-,35-,36?,38+,39-,40-,41-,42?,43-,44-,45+,46-;/m1./s1. The highest BCUT2D eigenvalue weighted by Gasteiger charge is 2.48. The molecule has 0 radical (unpaired) electrons. The maximum atomic E-state index is 14.0. The maximum absolute atomic E-state index is 14.0. The fraction of sp³-hybridized carbons (Fsp3) is 0.870. The number of ketones is 1. The first kappa shape index (κ1) is 58.6.